The summed E-state index contributed by atoms with van der Waals surface area (Å²) < 4.78 is 8.30. The molecule has 0 saturated carbocycles. The van der Waals surface area contributed by atoms with Crippen molar-refractivity contribution in [1.82, 2.24) is 14.2 Å². The average Bonchev–Trinajstić information content (AvgIpc) is 3.00. The maximum Gasteiger partial charge on any atom is 0.305 e. The van der Waals surface area contributed by atoms with E-state index < -0.39 is 5.97 Å². The molecule has 0 spiro atoms. The van der Waals surface area contributed by atoms with E-state index in [0.29, 0.717) is 17.8 Å². The summed E-state index contributed by atoms with van der Waals surface area (Å²) in [4.78, 5) is 23.1. The topological polar surface area (TPSA) is 85.8 Å². The Labute approximate surface area is 137 Å². The molecule has 2 aromatic heterocycles. The zero-order valence-electron chi connectivity index (χ0n) is 13.2. The highest BCUT2D eigenvalue weighted by Gasteiger charge is 2.10. The van der Waals surface area contributed by atoms with Gasteiger partial charge in [0, 0.05) is 24.5 Å². The van der Waals surface area contributed by atoms with Gasteiger partial charge in [0.15, 0.2) is 0 Å². The van der Waals surface area contributed by atoms with Crippen molar-refractivity contribution in [3.05, 3.63) is 53.1 Å². The summed E-state index contributed by atoms with van der Waals surface area (Å²) in [5.41, 5.74) is 1.69. The van der Waals surface area contributed by atoms with Crippen molar-refractivity contribution < 1.29 is 14.6 Å². The van der Waals surface area contributed by atoms with Crippen molar-refractivity contribution >= 4 is 11.5 Å². The minimum Gasteiger partial charge on any atom is -0.494 e. The highest BCUT2D eigenvalue weighted by Crippen LogP contribution is 2.21. The average molecular weight is 327 g/mol. The number of rotatable bonds is 6. The van der Waals surface area contributed by atoms with Gasteiger partial charge >= 0.3 is 5.97 Å². The van der Waals surface area contributed by atoms with E-state index in [9.17, 15) is 9.59 Å². The number of carbonyl (C=O) groups is 1. The Morgan fingerprint density at radius 2 is 2.00 bits per heavy atom. The van der Waals surface area contributed by atoms with Crippen LogP contribution in [0.15, 0.2) is 47.5 Å². The molecule has 0 unspecified atom stereocenters. The molecule has 0 atom stereocenters. The Balaban J connectivity index is 1.94. The van der Waals surface area contributed by atoms with Gasteiger partial charge in [-0.05, 0) is 37.3 Å². The van der Waals surface area contributed by atoms with Gasteiger partial charge in [-0.15, -0.1) is 0 Å². The molecule has 7 nitrogen and oxygen atoms in total. The van der Waals surface area contributed by atoms with Gasteiger partial charge in [0.1, 0.15) is 11.3 Å². The smallest absolute Gasteiger partial charge is 0.305 e. The van der Waals surface area contributed by atoms with E-state index in [1.54, 1.807) is 18.5 Å². The fourth-order valence-electron chi connectivity index (χ4n) is 2.45. The van der Waals surface area contributed by atoms with Gasteiger partial charge in [-0.1, -0.05) is 0 Å². The van der Waals surface area contributed by atoms with Gasteiger partial charge < -0.3 is 14.4 Å². The van der Waals surface area contributed by atoms with Gasteiger partial charge in [0.05, 0.1) is 18.7 Å². The van der Waals surface area contributed by atoms with Crippen molar-refractivity contribution in [3.63, 3.8) is 0 Å². The summed E-state index contributed by atoms with van der Waals surface area (Å²) in [6, 6.07) is 9.18. The number of hydrogen-bond donors (Lipinski definition) is 1. The molecule has 0 aliphatic rings. The molecule has 124 valence electrons. The molecule has 0 aliphatic heterocycles. The Hall–Kier alpha value is -3.09. The SMILES string of the molecule is CCOc1ccc(-c2cc3c(=O)n(CCC(=O)O)ccn3n2)cc1. The van der Waals surface area contributed by atoms with Crippen LogP contribution in [0.4, 0.5) is 0 Å². The number of ether oxygens (including phenoxy) is 1. The van der Waals surface area contributed by atoms with E-state index in [1.165, 1.54) is 9.08 Å². The van der Waals surface area contributed by atoms with Crippen LogP contribution in [0.3, 0.4) is 0 Å². The lowest BCUT2D eigenvalue weighted by atomic mass is 10.1. The first-order valence-corrected chi connectivity index (χ1v) is 7.62. The lowest BCUT2D eigenvalue weighted by Gasteiger charge is -2.03. The van der Waals surface area contributed by atoms with E-state index >= 15 is 0 Å². The molecule has 0 saturated heterocycles. The third-order valence-electron chi connectivity index (χ3n) is 3.63. The second kappa shape index (κ2) is 6.57. The summed E-state index contributed by atoms with van der Waals surface area (Å²) in [6.45, 7) is 2.66. The van der Waals surface area contributed by atoms with E-state index in [-0.39, 0.29) is 18.5 Å². The highest BCUT2D eigenvalue weighted by atomic mass is 16.5. The standard InChI is InChI=1S/C17H17N3O4/c1-2-24-13-5-3-12(4-6-13)14-11-15-17(23)19(8-7-16(21)22)9-10-20(15)18-14/h3-6,9-11H,2,7-8H2,1H3,(H,21,22). The summed E-state index contributed by atoms with van der Waals surface area (Å²) in [7, 11) is 0. The molecule has 0 radical (unpaired) electrons. The number of carboxylic acids is 1. The van der Waals surface area contributed by atoms with E-state index in [4.69, 9.17) is 9.84 Å². The van der Waals surface area contributed by atoms with Crippen LogP contribution in [0.2, 0.25) is 0 Å². The van der Waals surface area contributed by atoms with Crippen LogP contribution in [-0.4, -0.2) is 31.9 Å². The third-order valence-corrected chi connectivity index (χ3v) is 3.63. The van der Waals surface area contributed by atoms with Gasteiger partial charge in [-0.25, -0.2) is 4.52 Å². The van der Waals surface area contributed by atoms with Crippen LogP contribution in [0.1, 0.15) is 13.3 Å². The van der Waals surface area contributed by atoms with Crippen LogP contribution >= 0.6 is 0 Å². The number of aliphatic carboxylic acids is 1. The van der Waals surface area contributed by atoms with Crippen LogP contribution < -0.4 is 10.3 Å². The normalized spacial score (nSPS) is 10.9. The molecule has 24 heavy (non-hydrogen) atoms. The Bertz CT molecular complexity index is 925. The minimum atomic E-state index is -0.939. The van der Waals surface area contributed by atoms with E-state index in [1.807, 2.05) is 31.2 Å². The fourth-order valence-corrected chi connectivity index (χ4v) is 2.45. The van der Waals surface area contributed by atoms with E-state index in [2.05, 4.69) is 5.10 Å². The number of nitrogens with zero attached hydrogens (tertiary/aromatic N) is 3. The quantitative estimate of drug-likeness (QED) is 0.749. The first kappa shape index (κ1) is 15.8. The molecule has 0 amide bonds. The minimum absolute atomic E-state index is 0.101. The van der Waals surface area contributed by atoms with Crippen LogP contribution in [0.5, 0.6) is 5.75 Å². The molecule has 3 rings (SSSR count). The fraction of sp³-hybridized carbons (Fsp3) is 0.235. The lowest BCUT2D eigenvalue weighted by molar-refractivity contribution is -0.137. The first-order valence-electron chi connectivity index (χ1n) is 7.62. The number of aryl methyl sites for hydroxylation is 1. The van der Waals surface area contributed by atoms with Gasteiger partial charge in [0.25, 0.3) is 5.56 Å². The second-order valence-corrected chi connectivity index (χ2v) is 5.26. The largest absolute Gasteiger partial charge is 0.494 e. The molecule has 0 fully saturated rings. The zero-order valence-corrected chi connectivity index (χ0v) is 13.2. The Morgan fingerprint density at radius 3 is 2.67 bits per heavy atom. The summed E-state index contributed by atoms with van der Waals surface area (Å²) in [5, 5.41) is 13.2. The summed E-state index contributed by atoms with van der Waals surface area (Å²) in [5.74, 6) is -0.161. The van der Waals surface area contributed by atoms with Crippen molar-refractivity contribution in [1.29, 1.82) is 0 Å². The predicted octanol–water partition coefficient (Wildman–Crippen LogP) is 2.04. The monoisotopic (exact) mass is 327 g/mol. The molecule has 1 aromatic carbocycles. The maximum absolute atomic E-state index is 12.4. The van der Waals surface area contributed by atoms with Gasteiger partial charge in [-0.3, -0.25) is 9.59 Å². The zero-order chi connectivity index (χ0) is 17.1. The Morgan fingerprint density at radius 1 is 1.25 bits per heavy atom. The number of aromatic nitrogens is 3. The molecule has 0 bridgehead atoms. The number of hydrogen-bond acceptors (Lipinski definition) is 4. The molecular weight excluding hydrogens is 310 g/mol. The van der Waals surface area contributed by atoms with Crippen LogP contribution in [-0.2, 0) is 11.3 Å². The third kappa shape index (κ3) is 3.15. The summed E-state index contributed by atoms with van der Waals surface area (Å²) >= 11 is 0. The number of carboxylic acid groups (broad SMARTS) is 1. The van der Waals surface area contributed by atoms with Crippen molar-refractivity contribution in [2.24, 2.45) is 0 Å². The van der Waals surface area contributed by atoms with E-state index in [0.717, 1.165) is 11.3 Å². The molecule has 3 aromatic rings. The first-order chi connectivity index (χ1) is 11.6. The van der Waals surface area contributed by atoms with Crippen LogP contribution in [0, 0.1) is 0 Å². The van der Waals surface area contributed by atoms with Gasteiger partial charge in [-0.2, -0.15) is 5.10 Å². The highest BCUT2D eigenvalue weighted by molar-refractivity contribution is 5.67. The van der Waals surface area contributed by atoms with Crippen LogP contribution in [0.25, 0.3) is 16.8 Å². The van der Waals surface area contributed by atoms with Gasteiger partial charge in [0.2, 0.25) is 0 Å². The lowest BCUT2D eigenvalue weighted by Crippen LogP contribution is -2.22. The number of benzene rings is 1. The molecule has 1 N–H and O–H groups in total. The Kier molecular flexibility index (Phi) is 4.33. The van der Waals surface area contributed by atoms with Crippen molar-refractivity contribution in [3.8, 4) is 17.0 Å². The predicted molar refractivity (Wildman–Crippen MR) is 88.3 cm³/mol. The number of fused-ring (bicyclic) bond motifs is 1. The molecule has 0 aliphatic carbocycles. The molecular formula is C17H17N3O4. The van der Waals surface area contributed by atoms with Crippen molar-refractivity contribution in [2.45, 2.75) is 19.9 Å². The molecule has 2 heterocycles. The maximum atomic E-state index is 12.4. The summed E-state index contributed by atoms with van der Waals surface area (Å²) in [6.07, 6.45) is 3.10. The molecule has 7 heteroatoms. The van der Waals surface area contributed by atoms with Crippen molar-refractivity contribution in [2.75, 3.05) is 6.61 Å². The second-order valence-electron chi connectivity index (χ2n) is 5.26.